The third-order valence-electron chi connectivity index (χ3n) is 3.79. The normalized spacial score (nSPS) is 24.2. The van der Waals surface area contributed by atoms with E-state index in [1.807, 2.05) is 0 Å². The van der Waals surface area contributed by atoms with Crippen LogP contribution in [0.2, 0.25) is 0 Å². The molecule has 0 saturated heterocycles. The quantitative estimate of drug-likeness (QED) is 0.871. The van der Waals surface area contributed by atoms with E-state index in [1.165, 1.54) is 28.7 Å². The number of ether oxygens (including phenoxy) is 1. The highest BCUT2D eigenvalue weighted by atomic mass is 16.5. The van der Waals surface area contributed by atoms with Crippen molar-refractivity contribution < 1.29 is 4.74 Å². The number of nitrogens with two attached hydrogens (primary N) is 1. The molecule has 1 aliphatic rings. The van der Waals surface area contributed by atoms with Crippen molar-refractivity contribution in [1.29, 1.82) is 0 Å². The van der Waals surface area contributed by atoms with Crippen LogP contribution < -0.4 is 5.73 Å². The van der Waals surface area contributed by atoms with Crippen LogP contribution in [0.5, 0.6) is 0 Å². The molecule has 1 aromatic carbocycles. The Hall–Kier alpha value is -0.860. The van der Waals surface area contributed by atoms with Crippen LogP contribution in [0.25, 0.3) is 0 Å². The minimum atomic E-state index is 0.237. The van der Waals surface area contributed by atoms with Crippen LogP contribution in [0.4, 0.5) is 0 Å². The molecule has 1 aliphatic carbocycles. The Bertz CT molecular complexity index is 377. The van der Waals surface area contributed by atoms with Crippen molar-refractivity contribution in [2.24, 2.45) is 5.73 Å². The predicted molar refractivity (Wildman–Crippen MR) is 71.1 cm³/mol. The second kappa shape index (κ2) is 5.19. The molecular weight excluding hydrogens is 210 g/mol. The molecule has 2 nitrogen and oxygen atoms in total. The highest BCUT2D eigenvalue weighted by Crippen LogP contribution is 2.23. The fourth-order valence-electron chi connectivity index (χ4n) is 2.79. The Morgan fingerprint density at radius 2 is 1.82 bits per heavy atom. The second-order valence-corrected chi connectivity index (χ2v) is 5.32. The van der Waals surface area contributed by atoms with Crippen molar-refractivity contribution in [2.45, 2.75) is 58.8 Å². The van der Waals surface area contributed by atoms with Gasteiger partial charge in [0.15, 0.2) is 0 Å². The van der Waals surface area contributed by atoms with Crippen LogP contribution in [0.15, 0.2) is 12.1 Å². The standard InChI is InChI=1S/C15H23NO/c1-10-7-11(2)13(12(3)8-10)9-17-15-6-4-5-14(15)16/h7-8,14-15H,4-6,9,16H2,1-3H3. The first-order valence-electron chi connectivity index (χ1n) is 6.52. The summed E-state index contributed by atoms with van der Waals surface area (Å²) in [6.45, 7) is 7.16. The van der Waals surface area contributed by atoms with E-state index in [4.69, 9.17) is 10.5 Å². The summed E-state index contributed by atoms with van der Waals surface area (Å²) >= 11 is 0. The Kier molecular flexibility index (Phi) is 3.85. The van der Waals surface area contributed by atoms with Gasteiger partial charge < -0.3 is 10.5 Å². The Balaban J connectivity index is 2.04. The SMILES string of the molecule is Cc1cc(C)c(COC2CCCC2N)c(C)c1. The summed E-state index contributed by atoms with van der Waals surface area (Å²) in [5.74, 6) is 0. The van der Waals surface area contributed by atoms with E-state index in [1.54, 1.807) is 0 Å². The molecular formula is C15H23NO. The maximum Gasteiger partial charge on any atom is 0.0730 e. The van der Waals surface area contributed by atoms with Crippen molar-refractivity contribution >= 4 is 0 Å². The molecule has 0 bridgehead atoms. The summed E-state index contributed by atoms with van der Waals surface area (Å²) in [6.07, 6.45) is 3.69. The highest BCUT2D eigenvalue weighted by Gasteiger charge is 2.24. The first-order chi connectivity index (χ1) is 8.08. The van der Waals surface area contributed by atoms with E-state index in [-0.39, 0.29) is 12.1 Å². The van der Waals surface area contributed by atoms with Gasteiger partial charge in [-0.25, -0.2) is 0 Å². The number of aryl methyl sites for hydroxylation is 3. The van der Waals surface area contributed by atoms with Crippen molar-refractivity contribution in [1.82, 2.24) is 0 Å². The van der Waals surface area contributed by atoms with Gasteiger partial charge in [-0.15, -0.1) is 0 Å². The number of hydrogen-bond donors (Lipinski definition) is 1. The lowest BCUT2D eigenvalue weighted by Crippen LogP contribution is -2.31. The average Bonchev–Trinajstić information content (AvgIpc) is 2.62. The topological polar surface area (TPSA) is 35.2 Å². The molecule has 2 heteroatoms. The summed E-state index contributed by atoms with van der Waals surface area (Å²) in [5, 5.41) is 0. The van der Waals surface area contributed by atoms with Gasteiger partial charge in [0.05, 0.1) is 12.7 Å². The van der Waals surface area contributed by atoms with Gasteiger partial charge >= 0.3 is 0 Å². The molecule has 0 heterocycles. The van der Waals surface area contributed by atoms with Crippen molar-refractivity contribution in [3.8, 4) is 0 Å². The Morgan fingerprint density at radius 1 is 1.18 bits per heavy atom. The largest absolute Gasteiger partial charge is 0.372 e. The molecule has 2 unspecified atom stereocenters. The van der Waals surface area contributed by atoms with Crippen LogP contribution in [0.3, 0.4) is 0 Å². The first kappa shape index (κ1) is 12.6. The molecule has 0 radical (unpaired) electrons. The van der Waals surface area contributed by atoms with Gasteiger partial charge in [-0.1, -0.05) is 17.7 Å². The minimum Gasteiger partial charge on any atom is -0.372 e. The lowest BCUT2D eigenvalue weighted by molar-refractivity contribution is 0.0352. The van der Waals surface area contributed by atoms with Gasteiger partial charge in [0.2, 0.25) is 0 Å². The minimum absolute atomic E-state index is 0.237. The molecule has 1 saturated carbocycles. The lowest BCUT2D eigenvalue weighted by Gasteiger charge is -2.18. The average molecular weight is 233 g/mol. The molecule has 0 aromatic heterocycles. The number of rotatable bonds is 3. The fraction of sp³-hybridized carbons (Fsp3) is 0.600. The van der Waals surface area contributed by atoms with Gasteiger partial charge in [0, 0.05) is 6.04 Å². The third kappa shape index (κ3) is 2.88. The van der Waals surface area contributed by atoms with Crippen LogP contribution in [-0.2, 0) is 11.3 Å². The van der Waals surface area contributed by atoms with Crippen LogP contribution in [0, 0.1) is 20.8 Å². The van der Waals surface area contributed by atoms with E-state index in [0.29, 0.717) is 6.61 Å². The summed E-state index contributed by atoms with van der Waals surface area (Å²) in [6, 6.07) is 4.68. The van der Waals surface area contributed by atoms with Gasteiger partial charge in [-0.2, -0.15) is 0 Å². The molecule has 2 N–H and O–H groups in total. The van der Waals surface area contributed by atoms with Crippen molar-refractivity contribution in [2.75, 3.05) is 0 Å². The Morgan fingerprint density at radius 3 is 2.35 bits per heavy atom. The summed E-state index contributed by atoms with van der Waals surface area (Å²) in [4.78, 5) is 0. The van der Waals surface area contributed by atoms with E-state index in [9.17, 15) is 0 Å². The molecule has 17 heavy (non-hydrogen) atoms. The summed E-state index contributed by atoms with van der Waals surface area (Å²) < 4.78 is 5.98. The van der Waals surface area contributed by atoms with E-state index >= 15 is 0 Å². The zero-order chi connectivity index (χ0) is 12.4. The first-order valence-corrected chi connectivity index (χ1v) is 6.52. The Labute approximate surface area is 104 Å². The molecule has 2 rings (SSSR count). The molecule has 0 amide bonds. The molecule has 1 aromatic rings. The lowest BCUT2D eigenvalue weighted by atomic mass is 10.0. The zero-order valence-electron chi connectivity index (χ0n) is 11.1. The number of benzene rings is 1. The van der Waals surface area contributed by atoms with E-state index in [0.717, 1.165) is 12.8 Å². The van der Waals surface area contributed by atoms with Crippen LogP contribution in [0.1, 0.15) is 41.5 Å². The van der Waals surface area contributed by atoms with Gasteiger partial charge in [0.1, 0.15) is 0 Å². The van der Waals surface area contributed by atoms with Gasteiger partial charge in [-0.05, 0) is 56.7 Å². The third-order valence-corrected chi connectivity index (χ3v) is 3.79. The zero-order valence-corrected chi connectivity index (χ0v) is 11.1. The summed E-state index contributed by atoms with van der Waals surface area (Å²) in [5.41, 5.74) is 11.3. The van der Waals surface area contributed by atoms with Crippen LogP contribution in [-0.4, -0.2) is 12.1 Å². The maximum absolute atomic E-state index is 6.02. The predicted octanol–water partition coefficient (Wildman–Crippen LogP) is 3.01. The van der Waals surface area contributed by atoms with Gasteiger partial charge in [-0.3, -0.25) is 0 Å². The number of hydrogen-bond acceptors (Lipinski definition) is 2. The summed E-state index contributed by atoms with van der Waals surface area (Å²) in [7, 11) is 0. The van der Waals surface area contributed by atoms with E-state index in [2.05, 4.69) is 32.9 Å². The maximum atomic E-state index is 6.02. The van der Waals surface area contributed by atoms with Gasteiger partial charge in [0.25, 0.3) is 0 Å². The van der Waals surface area contributed by atoms with E-state index < -0.39 is 0 Å². The molecule has 94 valence electrons. The van der Waals surface area contributed by atoms with Crippen molar-refractivity contribution in [3.05, 3.63) is 34.4 Å². The molecule has 1 fully saturated rings. The second-order valence-electron chi connectivity index (χ2n) is 5.32. The fourth-order valence-corrected chi connectivity index (χ4v) is 2.79. The molecule has 2 atom stereocenters. The van der Waals surface area contributed by atoms with Crippen LogP contribution >= 0.6 is 0 Å². The molecule has 0 aliphatic heterocycles. The monoisotopic (exact) mass is 233 g/mol. The molecule has 0 spiro atoms. The highest BCUT2D eigenvalue weighted by molar-refractivity contribution is 5.36. The smallest absolute Gasteiger partial charge is 0.0730 e. The van der Waals surface area contributed by atoms with Crippen molar-refractivity contribution in [3.63, 3.8) is 0 Å².